The van der Waals surface area contributed by atoms with Gasteiger partial charge in [-0.1, -0.05) is 22.6 Å². The van der Waals surface area contributed by atoms with Gasteiger partial charge in [0.1, 0.15) is 9.62 Å². The standard InChI is InChI=1S/C9H11IN2O3S/c1-5-12-7(4-16-5)8(13)11-3-6(10)9(14)15-2/h4,6H,3H2,1-2H3,(H,11,13). The van der Waals surface area contributed by atoms with Gasteiger partial charge in [0.05, 0.1) is 12.1 Å². The van der Waals surface area contributed by atoms with Crippen molar-refractivity contribution in [1.29, 1.82) is 0 Å². The first-order valence-electron chi connectivity index (χ1n) is 4.47. The fourth-order valence-corrected chi connectivity index (χ4v) is 2.02. The molecule has 0 saturated carbocycles. The van der Waals surface area contributed by atoms with Crippen LogP contribution in [0.4, 0.5) is 0 Å². The minimum absolute atomic E-state index is 0.239. The molecule has 7 heteroatoms. The van der Waals surface area contributed by atoms with Crippen molar-refractivity contribution in [2.24, 2.45) is 0 Å². The van der Waals surface area contributed by atoms with Crippen LogP contribution in [0.25, 0.3) is 0 Å². The van der Waals surface area contributed by atoms with Gasteiger partial charge in [0, 0.05) is 11.9 Å². The number of carbonyl (C=O) groups is 2. The van der Waals surface area contributed by atoms with Crippen LogP contribution in [0.1, 0.15) is 15.5 Å². The smallest absolute Gasteiger partial charge is 0.320 e. The number of halogens is 1. The Kier molecular flexibility index (Phi) is 5.13. The molecular weight excluding hydrogens is 343 g/mol. The second kappa shape index (κ2) is 6.14. The number of rotatable bonds is 4. The van der Waals surface area contributed by atoms with Crippen molar-refractivity contribution in [2.75, 3.05) is 13.7 Å². The lowest BCUT2D eigenvalue weighted by Gasteiger charge is -2.07. The number of amides is 1. The molecule has 5 nitrogen and oxygen atoms in total. The van der Waals surface area contributed by atoms with E-state index in [4.69, 9.17) is 0 Å². The Morgan fingerprint density at radius 2 is 2.38 bits per heavy atom. The Labute approximate surface area is 111 Å². The van der Waals surface area contributed by atoms with Gasteiger partial charge in [0.15, 0.2) is 0 Å². The van der Waals surface area contributed by atoms with Crippen molar-refractivity contribution in [3.05, 3.63) is 16.1 Å². The number of alkyl halides is 1. The van der Waals surface area contributed by atoms with Crippen LogP contribution >= 0.6 is 33.9 Å². The van der Waals surface area contributed by atoms with Gasteiger partial charge in [0.2, 0.25) is 0 Å². The van der Waals surface area contributed by atoms with E-state index in [1.807, 2.05) is 29.5 Å². The summed E-state index contributed by atoms with van der Waals surface area (Å²) in [7, 11) is 1.32. The molecule has 0 saturated heterocycles. The third-order valence-corrected chi connectivity index (χ3v) is 3.47. The number of aromatic nitrogens is 1. The zero-order valence-electron chi connectivity index (χ0n) is 8.82. The van der Waals surface area contributed by atoms with Crippen molar-refractivity contribution >= 4 is 45.8 Å². The van der Waals surface area contributed by atoms with Crippen molar-refractivity contribution in [1.82, 2.24) is 10.3 Å². The molecule has 0 radical (unpaired) electrons. The van der Waals surface area contributed by atoms with E-state index in [9.17, 15) is 9.59 Å². The number of thiazole rings is 1. The summed E-state index contributed by atoms with van der Waals surface area (Å²) >= 11 is 3.33. The zero-order chi connectivity index (χ0) is 12.1. The van der Waals surface area contributed by atoms with Crippen LogP contribution in [0.3, 0.4) is 0 Å². The summed E-state index contributed by atoms with van der Waals surface area (Å²) in [5.41, 5.74) is 0.385. The topological polar surface area (TPSA) is 68.3 Å². The number of nitrogens with zero attached hydrogens (tertiary/aromatic N) is 1. The first-order chi connectivity index (χ1) is 7.54. The molecule has 1 heterocycles. The first kappa shape index (κ1) is 13.4. The summed E-state index contributed by atoms with van der Waals surface area (Å²) < 4.78 is 4.16. The van der Waals surface area contributed by atoms with E-state index < -0.39 is 0 Å². The highest BCUT2D eigenvalue weighted by atomic mass is 127. The van der Waals surface area contributed by atoms with E-state index in [2.05, 4.69) is 15.0 Å². The number of aryl methyl sites for hydroxylation is 1. The molecule has 1 N–H and O–H groups in total. The molecule has 0 spiro atoms. The fourth-order valence-electron chi connectivity index (χ4n) is 0.952. The lowest BCUT2D eigenvalue weighted by atomic mass is 10.4. The average Bonchev–Trinajstić information content (AvgIpc) is 2.71. The summed E-state index contributed by atoms with van der Waals surface area (Å²) in [5, 5.41) is 5.15. The molecule has 1 rings (SSSR count). The van der Waals surface area contributed by atoms with Crippen LogP contribution in [0, 0.1) is 6.92 Å². The number of methoxy groups -OCH3 is 1. The maximum atomic E-state index is 11.6. The summed E-state index contributed by atoms with van der Waals surface area (Å²) in [6, 6.07) is 0. The predicted octanol–water partition coefficient (Wildman–Crippen LogP) is 1.16. The van der Waals surface area contributed by atoms with Gasteiger partial charge in [-0.3, -0.25) is 9.59 Å². The van der Waals surface area contributed by atoms with Crippen molar-refractivity contribution in [3.63, 3.8) is 0 Å². The van der Waals surface area contributed by atoms with Gasteiger partial charge >= 0.3 is 5.97 Å². The second-order valence-corrected chi connectivity index (χ2v) is 5.52. The van der Waals surface area contributed by atoms with Crippen LogP contribution in [0.15, 0.2) is 5.38 Å². The molecule has 0 aliphatic heterocycles. The van der Waals surface area contributed by atoms with E-state index in [0.29, 0.717) is 5.69 Å². The molecule has 0 fully saturated rings. The fraction of sp³-hybridized carbons (Fsp3) is 0.444. The van der Waals surface area contributed by atoms with Crippen LogP contribution in [0.5, 0.6) is 0 Å². The number of hydrogen-bond donors (Lipinski definition) is 1. The normalized spacial score (nSPS) is 11.9. The van der Waals surface area contributed by atoms with Crippen LogP contribution < -0.4 is 5.32 Å². The molecule has 16 heavy (non-hydrogen) atoms. The molecule has 1 amide bonds. The second-order valence-electron chi connectivity index (χ2n) is 2.95. The lowest BCUT2D eigenvalue weighted by Crippen LogP contribution is -2.34. The van der Waals surface area contributed by atoms with Gasteiger partial charge in [0.25, 0.3) is 5.91 Å². The minimum Gasteiger partial charge on any atom is -0.468 e. The average molecular weight is 354 g/mol. The Morgan fingerprint density at radius 1 is 1.69 bits per heavy atom. The van der Waals surface area contributed by atoms with E-state index >= 15 is 0 Å². The highest BCUT2D eigenvalue weighted by molar-refractivity contribution is 14.1. The molecule has 0 aliphatic rings. The van der Waals surface area contributed by atoms with Crippen molar-refractivity contribution in [3.8, 4) is 0 Å². The number of nitrogens with one attached hydrogen (secondary N) is 1. The van der Waals surface area contributed by atoms with E-state index in [0.717, 1.165) is 5.01 Å². The van der Waals surface area contributed by atoms with Gasteiger partial charge < -0.3 is 10.1 Å². The molecule has 1 aromatic heterocycles. The van der Waals surface area contributed by atoms with Crippen molar-refractivity contribution < 1.29 is 14.3 Å². The molecule has 1 atom stereocenters. The summed E-state index contributed by atoms with van der Waals surface area (Å²) in [4.78, 5) is 26.7. The van der Waals surface area contributed by atoms with Gasteiger partial charge in [-0.05, 0) is 6.92 Å². The third kappa shape index (κ3) is 3.71. The molecule has 0 aliphatic carbocycles. The van der Waals surface area contributed by atoms with Crippen LogP contribution in [-0.2, 0) is 9.53 Å². The third-order valence-electron chi connectivity index (χ3n) is 1.75. The lowest BCUT2D eigenvalue weighted by molar-refractivity contribution is -0.139. The highest BCUT2D eigenvalue weighted by Crippen LogP contribution is 2.08. The number of carbonyl (C=O) groups excluding carboxylic acids is 2. The number of hydrogen-bond acceptors (Lipinski definition) is 5. The highest BCUT2D eigenvalue weighted by Gasteiger charge is 2.17. The summed E-state index contributed by atoms with van der Waals surface area (Å²) in [6.45, 7) is 2.07. The maximum Gasteiger partial charge on any atom is 0.320 e. The monoisotopic (exact) mass is 354 g/mol. The Balaban J connectivity index is 2.44. The van der Waals surface area contributed by atoms with E-state index in [-0.39, 0.29) is 22.3 Å². The predicted molar refractivity (Wildman–Crippen MR) is 69.0 cm³/mol. The minimum atomic E-state index is -0.383. The summed E-state index contributed by atoms with van der Waals surface area (Å²) in [6.07, 6.45) is 0. The van der Waals surface area contributed by atoms with E-state index in [1.165, 1.54) is 18.4 Å². The Morgan fingerprint density at radius 3 is 2.88 bits per heavy atom. The summed E-state index contributed by atoms with van der Waals surface area (Å²) in [5.74, 6) is -0.620. The Bertz CT molecular complexity index is 394. The zero-order valence-corrected chi connectivity index (χ0v) is 11.8. The van der Waals surface area contributed by atoms with E-state index in [1.54, 1.807) is 5.38 Å². The SMILES string of the molecule is COC(=O)C(I)CNC(=O)c1csc(C)n1. The van der Waals surface area contributed by atoms with Gasteiger partial charge in [-0.15, -0.1) is 11.3 Å². The molecule has 0 aromatic carbocycles. The van der Waals surface area contributed by atoms with Crippen LogP contribution in [0.2, 0.25) is 0 Å². The number of ether oxygens (including phenoxy) is 1. The van der Waals surface area contributed by atoms with Gasteiger partial charge in [-0.25, -0.2) is 4.98 Å². The number of esters is 1. The quantitative estimate of drug-likeness (QED) is 0.501. The van der Waals surface area contributed by atoms with Gasteiger partial charge in [-0.2, -0.15) is 0 Å². The molecule has 1 aromatic rings. The molecule has 1 unspecified atom stereocenters. The molecule has 0 bridgehead atoms. The maximum absolute atomic E-state index is 11.6. The Hall–Kier alpha value is -0.700. The van der Waals surface area contributed by atoms with Crippen LogP contribution in [-0.4, -0.2) is 34.4 Å². The molecule has 88 valence electrons. The molecular formula is C9H11IN2O3S. The first-order valence-corrected chi connectivity index (χ1v) is 6.59. The van der Waals surface area contributed by atoms with Crippen molar-refractivity contribution in [2.45, 2.75) is 10.8 Å². The largest absolute Gasteiger partial charge is 0.468 e.